The van der Waals surface area contributed by atoms with E-state index in [9.17, 15) is 14.0 Å². The van der Waals surface area contributed by atoms with Crippen LogP contribution in [0.4, 0.5) is 9.18 Å². The van der Waals surface area contributed by atoms with Crippen LogP contribution in [0.5, 0.6) is 0 Å². The molecule has 1 N–H and O–H groups in total. The van der Waals surface area contributed by atoms with Gasteiger partial charge in [-0.1, -0.05) is 12.1 Å². The number of ether oxygens (including phenoxy) is 1. The number of aromatic carboxylic acids is 1. The van der Waals surface area contributed by atoms with Crippen molar-refractivity contribution in [2.24, 2.45) is 0 Å². The maximum atomic E-state index is 14.7. The second kappa shape index (κ2) is 5.02. The van der Waals surface area contributed by atoms with Crippen LogP contribution in [0, 0.1) is 0 Å². The minimum Gasteiger partial charge on any atom is -0.478 e. The van der Waals surface area contributed by atoms with Crippen molar-refractivity contribution in [1.82, 2.24) is 4.90 Å². The largest absolute Gasteiger partial charge is 0.478 e. The molecular weight excluding hydrogens is 277 g/mol. The zero-order valence-corrected chi connectivity index (χ0v) is 12.2. The Morgan fingerprint density at radius 1 is 1.33 bits per heavy atom. The van der Waals surface area contributed by atoms with E-state index in [-0.39, 0.29) is 24.2 Å². The number of carboxylic acids is 1. The van der Waals surface area contributed by atoms with E-state index < -0.39 is 23.3 Å². The van der Waals surface area contributed by atoms with E-state index in [1.54, 1.807) is 20.8 Å². The molecule has 1 aliphatic rings. The number of hydrogen-bond acceptors (Lipinski definition) is 3. The average Bonchev–Trinajstić information content (AvgIpc) is 2.33. The van der Waals surface area contributed by atoms with Crippen LogP contribution in [-0.4, -0.2) is 40.8 Å². The molecule has 0 aromatic heterocycles. The third-order valence-electron chi connectivity index (χ3n) is 3.16. The third-order valence-corrected chi connectivity index (χ3v) is 3.16. The summed E-state index contributed by atoms with van der Waals surface area (Å²) in [6.07, 6.45) is -0.565. The minimum absolute atomic E-state index is 0.0280. The van der Waals surface area contributed by atoms with Crippen LogP contribution in [0.25, 0.3) is 0 Å². The highest BCUT2D eigenvalue weighted by molar-refractivity contribution is 5.87. The fourth-order valence-corrected chi connectivity index (χ4v) is 2.13. The summed E-state index contributed by atoms with van der Waals surface area (Å²) in [7, 11) is 0. The number of carboxylic acid groups (broad SMARTS) is 1. The van der Waals surface area contributed by atoms with Gasteiger partial charge in [0.25, 0.3) is 0 Å². The van der Waals surface area contributed by atoms with E-state index in [0.29, 0.717) is 0 Å². The van der Waals surface area contributed by atoms with Crippen molar-refractivity contribution in [3.05, 3.63) is 35.4 Å². The Hall–Kier alpha value is -2.11. The maximum absolute atomic E-state index is 14.7. The van der Waals surface area contributed by atoms with E-state index in [1.807, 2.05) is 0 Å². The molecule has 1 aromatic carbocycles. The molecule has 6 heteroatoms. The lowest BCUT2D eigenvalue weighted by molar-refractivity contribution is -0.0538. The zero-order chi connectivity index (χ0) is 15.8. The molecule has 0 unspecified atom stereocenters. The Balaban J connectivity index is 2.06. The Morgan fingerprint density at radius 3 is 2.48 bits per heavy atom. The molecule has 1 aromatic rings. The molecule has 0 radical (unpaired) electrons. The molecule has 1 saturated heterocycles. The van der Waals surface area contributed by atoms with Gasteiger partial charge in [0.15, 0.2) is 5.67 Å². The van der Waals surface area contributed by atoms with E-state index in [2.05, 4.69) is 0 Å². The number of halogens is 1. The molecule has 114 valence electrons. The van der Waals surface area contributed by atoms with E-state index in [4.69, 9.17) is 9.84 Å². The molecule has 0 bridgehead atoms. The van der Waals surface area contributed by atoms with Gasteiger partial charge in [-0.3, -0.25) is 0 Å². The van der Waals surface area contributed by atoms with Crippen molar-refractivity contribution in [3.8, 4) is 0 Å². The maximum Gasteiger partial charge on any atom is 0.410 e. The quantitative estimate of drug-likeness (QED) is 0.911. The molecule has 1 amide bonds. The fourth-order valence-electron chi connectivity index (χ4n) is 2.13. The first-order valence-corrected chi connectivity index (χ1v) is 6.61. The number of benzene rings is 1. The molecule has 1 heterocycles. The zero-order valence-electron chi connectivity index (χ0n) is 12.2. The summed E-state index contributed by atoms with van der Waals surface area (Å²) in [5.74, 6) is -1.11. The van der Waals surface area contributed by atoms with Crippen LogP contribution in [0.3, 0.4) is 0 Å². The SMILES string of the molecule is CC(C)(C)OC(=O)N1CC(F)(c2cccc(C(=O)O)c2)C1. The van der Waals surface area contributed by atoms with Crippen molar-refractivity contribution in [3.63, 3.8) is 0 Å². The van der Waals surface area contributed by atoms with Crippen molar-refractivity contribution in [2.45, 2.75) is 32.0 Å². The first kappa shape index (κ1) is 15.3. The number of amides is 1. The molecule has 1 fully saturated rings. The molecule has 2 rings (SSSR count). The molecular formula is C15H18FNO4. The summed E-state index contributed by atoms with van der Waals surface area (Å²) < 4.78 is 19.8. The van der Waals surface area contributed by atoms with Crippen LogP contribution in [-0.2, 0) is 10.4 Å². The monoisotopic (exact) mass is 295 g/mol. The fraction of sp³-hybridized carbons (Fsp3) is 0.467. The summed E-state index contributed by atoms with van der Waals surface area (Å²) in [6.45, 7) is 4.95. The number of likely N-dealkylation sites (tertiary alicyclic amines) is 1. The predicted octanol–water partition coefficient (Wildman–Crippen LogP) is 2.80. The van der Waals surface area contributed by atoms with Gasteiger partial charge >= 0.3 is 12.1 Å². The van der Waals surface area contributed by atoms with Crippen molar-refractivity contribution in [1.29, 1.82) is 0 Å². The Kier molecular flexibility index (Phi) is 3.65. The Labute approximate surface area is 122 Å². The topological polar surface area (TPSA) is 66.8 Å². The summed E-state index contributed by atoms with van der Waals surface area (Å²) in [5, 5.41) is 8.93. The van der Waals surface area contributed by atoms with Gasteiger partial charge in [-0.2, -0.15) is 0 Å². The summed E-state index contributed by atoms with van der Waals surface area (Å²) in [4.78, 5) is 23.9. The first-order valence-electron chi connectivity index (χ1n) is 6.61. The molecule has 21 heavy (non-hydrogen) atoms. The van der Waals surface area contributed by atoms with Crippen molar-refractivity contribution >= 4 is 12.1 Å². The molecule has 0 saturated carbocycles. The standard InChI is InChI=1S/C15H18FNO4/c1-14(2,3)21-13(20)17-8-15(16,9-17)11-6-4-5-10(7-11)12(18)19/h4-7H,8-9H2,1-3H3,(H,18,19). The summed E-state index contributed by atoms with van der Waals surface area (Å²) in [6, 6.07) is 5.73. The highest BCUT2D eigenvalue weighted by Crippen LogP contribution is 2.37. The Morgan fingerprint density at radius 2 is 1.95 bits per heavy atom. The van der Waals surface area contributed by atoms with Gasteiger partial charge in [0.2, 0.25) is 0 Å². The van der Waals surface area contributed by atoms with Crippen molar-refractivity contribution < 1.29 is 23.8 Å². The smallest absolute Gasteiger partial charge is 0.410 e. The summed E-state index contributed by atoms with van der Waals surface area (Å²) >= 11 is 0. The number of nitrogens with zero attached hydrogens (tertiary/aromatic N) is 1. The lowest BCUT2D eigenvalue weighted by Crippen LogP contribution is -2.59. The van der Waals surface area contributed by atoms with E-state index in [0.717, 1.165) is 0 Å². The van der Waals surface area contributed by atoms with Crippen molar-refractivity contribution in [2.75, 3.05) is 13.1 Å². The van der Waals surface area contributed by atoms with Gasteiger partial charge in [-0.05, 0) is 38.5 Å². The van der Waals surface area contributed by atoms with Crippen LogP contribution in [0.2, 0.25) is 0 Å². The summed E-state index contributed by atoms with van der Waals surface area (Å²) in [5.41, 5.74) is -2.06. The molecule has 0 atom stereocenters. The van der Waals surface area contributed by atoms with Gasteiger partial charge in [0, 0.05) is 0 Å². The van der Waals surface area contributed by atoms with Crippen LogP contribution >= 0.6 is 0 Å². The molecule has 0 spiro atoms. The number of hydrogen-bond donors (Lipinski definition) is 1. The third kappa shape index (κ3) is 3.32. The highest BCUT2D eigenvalue weighted by atomic mass is 19.1. The van der Waals surface area contributed by atoms with Gasteiger partial charge in [-0.15, -0.1) is 0 Å². The number of carbonyl (C=O) groups is 2. The van der Waals surface area contributed by atoms with Crippen LogP contribution in [0.1, 0.15) is 36.7 Å². The van der Waals surface area contributed by atoms with Gasteiger partial charge in [0.1, 0.15) is 5.60 Å². The second-order valence-electron chi connectivity index (χ2n) is 6.19. The van der Waals surface area contributed by atoms with E-state index >= 15 is 0 Å². The van der Waals surface area contributed by atoms with E-state index in [1.165, 1.54) is 29.2 Å². The average molecular weight is 295 g/mol. The van der Waals surface area contributed by atoms with Gasteiger partial charge in [-0.25, -0.2) is 14.0 Å². The lowest BCUT2D eigenvalue weighted by Gasteiger charge is -2.44. The number of carbonyl (C=O) groups excluding carboxylic acids is 1. The van der Waals surface area contributed by atoms with Gasteiger partial charge in [0.05, 0.1) is 18.7 Å². The normalized spacial score (nSPS) is 17.0. The molecule has 5 nitrogen and oxygen atoms in total. The minimum atomic E-state index is -1.72. The molecule has 1 aliphatic heterocycles. The van der Waals surface area contributed by atoms with Gasteiger partial charge < -0.3 is 14.7 Å². The van der Waals surface area contributed by atoms with Crippen LogP contribution in [0.15, 0.2) is 24.3 Å². The highest BCUT2D eigenvalue weighted by Gasteiger charge is 2.48. The molecule has 0 aliphatic carbocycles. The van der Waals surface area contributed by atoms with Crippen LogP contribution < -0.4 is 0 Å². The number of alkyl halides is 1. The number of rotatable bonds is 2. The second-order valence-corrected chi connectivity index (χ2v) is 6.19. The first-order chi connectivity index (χ1) is 9.61. The lowest BCUT2D eigenvalue weighted by atomic mass is 9.87. The predicted molar refractivity (Wildman–Crippen MR) is 74.0 cm³/mol. The Bertz CT molecular complexity index is 573.